The van der Waals surface area contributed by atoms with Gasteiger partial charge in [-0.05, 0) is 43.3 Å². The minimum absolute atomic E-state index is 0.0310. The number of ether oxygens (including phenoxy) is 1. The van der Waals surface area contributed by atoms with Gasteiger partial charge in [-0.2, -0.15) is 0 Å². The second-order valence-electron chi connectivity index (χ2n) is 3.91. The highest BCUT2D eigenvalue weighted by molar-refractivity contribution is 6.09. The number of benzene rings is 2. The van der Waals surface area contributed by atoms with Crippen molar-refractivity contribution in [2.75, 3.05) is 12.3 Å². The molecule has 92 valence electrons. The summed E-state index contributed by atoms with van der Waals surface area (Å²) in [5.74, 6) is 0.676. The quantitative estimate of drug-likeness (QED) is 0.661. The maximum Gasteiger partial charge on any atom is 0.193 e. The lowest BCUT2D eigenvalue weighted by Crippen LogP contribution is -2.02. The fourth-order valence-corrected chi connectivity index (χ4v) is 1.69. The van der Waals surface area contributed by atoms with E-state index >= 15 is 0 Å². The molecule has 0 saturated heterocycles. The molecule has 0 saturated carbocycles. The Morgan fingerprint density at radius 2 is 1.83 bits per heavy atom. The number of ketones is 1. The summed E-state index contributed by atoms with van der Waals surface area (Å²) in [4.78, 5) is 12.2. The third-order valence-electron chi connectivity index (χ3n) is 2.58. The number of carbonyl (C=O) groups excluding carboxylic acids is 1. The van der Waals surface area contributed by atoms with Gasteiger partial charge in [-0.25, -0.2) is 0 Å². The molecule has 0 amide bonds. The van der Waals surface area contributed by atoms with Gasteiger partial charge in [0.15, 0.2) is 5.78 Å². The van der Waals surface area contributed by atoms with Crippen LogP contribution >= 0.6 is 0 Å². The summed E-state index contributed by atoms with van der Waals surface area (Å²) < 4.78 is 5.38. The number of nitrogen functional groups attached to an aromatic ring is 1. The first-order valence-electron chi connectivity index (χ1n) is 5.84. The maximum atomic E-state index is 12.2. The largest absolute Gasteiger partial charge is 0.494 e. The Morgan fingerprint density at radius 1 is 1.11 bits per heavy atom. The molecule has 0 heterocycles. The molecule has 0 aromatic heterocycles. The molecule has 3 nitrogen and oxygen atoms in total. The molecule has 18 heavy (non-hydrogen) atoms. The molecular weight excluding hydrogens is 226 g/mol. The van der Waals surface area contributed by atoms with E-state index in [2.05, 4.69) is 0 Å². The zero-order chi connectivity index (χ0) is 13.0. The highest BCUT2D eigenvalue weighted by Crippen LogP contribution is 2.17. The van der Waals surface area contributed by atoms with Crippen molar-refractivity contribution in [3.05, 3.63) is 59.7 Å². The summed E-state index contributed by atoms with van der Waals surface area (Å²) in [6, 6.07) is 14.1. The van der Waals surface area contributed by atoms with E-state index in [0.717, 1.165) is 0 Å². The molecule has 2 N–H and O–H groups in total. The van der Waals surface area contributed by atoms with Crippen LogP contribution in [0.3, 0.4) is 0 Å². The average molecular weight is 241 g/mol. The Labute approximate surface area is 106 Å². The molecule has 2 aromatic rings. The summed E-state index contributed by atoms with van der Waals surface area (Å²) in [6.45, 7) is 2.49. The third kappa shape index (κ3) is 2.69. The minimum atomic E-state index is -0.0310. The normalized spacial score (nSPS) is 10.1. The molecule has 0 aliphatic heterocycles. The van der Waals surface area contributed by atoms with Gasteiger partial charge in [0, 0.05) is 16.8 Å². The van der Waals surface area contributed by atoms with Gasteiger partial charge < -0.3 is 10.5 Å². The van der Waals surface area contributed by atoms with Crippen LogP contribution < -0.4 is 10.5 Å². The third-order valence-corrected chi connectivity index (χ3v) is 2.58. The monoisotopic (exact) mass is 241 g/mol. The van der Waals surface area contributed by atoms with Crippen LogP contribution in [0.2, 0.25) is 0 Å². The number of nitrogens with two attached hydrogens (primary N) is 1. The molecule has 0 atom stereocenters. The van der Waals surface area contributed by atoms with Crippen molar-refractivity contribution in [1.82, 2.24) is 0 Å². The van der Waals surface area contributed by atoms with Gasteiger partial charge in [0.2, 0.25) is 0 Å². The summed E-state index contributed by atoms with van der Waals surface area (Å²) >= 11 is 0. The zero-order valence-corrected chi connectivity index (χ0v) is 10.2. The molecule has 2 aromatic carbocycles. The van der Waals surface area contributed by atoms with Crippen LogP contribution in [-0.2, 0) is 0 Å². The van der Waals surface area contributed by atoms with Crippen LogP contribution in [0.5, 0.6) is 5.75 Å². The second kappa shape index (κ2) is 5.36. The first-order valence-corrected chi connectivity index (χ1v) is 5.84. The van der Waals surface area contributed by atoms with Crippen molar-refractivity contribution in [1.29, 1.82) is 0 Å². The fourth-order valence-electron chi connectivity index (χ4n) is 1.69. The first-order chi connectivity index (χ1) is 8.70. The highest BCUT2D eigenvalue weighted by atomic mass is 16.5. The van der Waals surface area contributed by atoms with Crippen molar-refractivity contribution in [3.63, 3.8) is 0 Å². The van der Waals surface area contributed by atoms with Crippen LogP contribution in [0.15, 0.2) is 48.5 Å². The van der Waals surface area contributed by atoms with E-state index in [1.54, 1.807) is 36.4 Å². The van der Waals surface area contributed by atoms with E-state index in [4.69, 9.17) is 10.5 Å². The number of anilines is 1. The van der Waals surface area contributed by atoms with Crippen molar-refractivity contribution in [2.45, 2.75) is 6.92 Å². The van der Waals surface area contributed by atoms with E-state index in [0.29, 0.717) is 29.2 Å². The number of hydrogen-bond acceptors (Lipinski definition) is 3. The highest BCUT2D eigenvalue weighted by Gasteiger charge is 2.09. The number of hydrogen-bond donors (Lipinski definition) is 1. The Morgan fingerprint density at radius 3 is 2.50 bits per heavy atom. The van der Waals surface area contributed by atoms with Crippen LogP contribution in [-0.4, -0.2) is 12.4 Å². The van der Waals surface area contributed by atoms with Gasteiger partial charge in [-0.1, -0.05) is 12.1 Å². The summed E-state index contributed by atoms with van der Waals surface area (Å²) in [7, 11) is 0. The Kier molecular flexibility index (Phi) is 3.63. The molecular formula is C15H15NO2. The van der Waals surface area contributed by atoms with Crippen molar-refractivity contribution in [3.8, 4) is 5.75 Å². The minimum Gasteiger partial charge on any atom is -0.494 e. The Hall–Kier alpha value is -2.29. The van der Waals surface area contributed by atoms with E-state index in [-0.39, 0.29) is 5.78 Å². The van der Waals surface area contributed by atoms with Crippen molar-refractivity contribution < 1.29 is 9.53 Å². The maximum absolute atomic E-state index is 12.2. The van der Waals surface area contributed by atoms with Gasteiger partial charge in [-0.3, -0.25) is 4.79 Å². The van der Waals surface area contributed by atoms with Gasteiger partial charge in [0.1, 0.15) is 5.75 Å². The molecule has 0 aliphatic rings. The predicted octanol–water partition coefficient (Wildman–Crippen LogP) is 2.90. The van der Waals surface area contributed by atoms with Crippen molar-refractivity contribution >= 4 is 11.5 Å². The standard InChI is InChI=1S/C15H15NO2/c1-2-18-14-5-3-4-12(10-14)15(17)11-6-8-13(16)9-7-11/h3-10H,2,16H2,1H3. The molecule has 0 aliphatic carbocycles. The predicted molar refractivity (Wildman–Crippen MR) is 71.9 cm³/mol. The van der Waals surface area contributed by atoms with E-state index in [1.807, 2.05) is 19.1 Å². The number of rotatable bonds is 4. The van der Waals surface area contributed by atoms with Crippen LogP contribution in [0, 0.1) is 0 Å². The lowest BCUT2D eigenvalue weighted by Gasteiger charge is -2.05. The van der Waals surface area contributed by atoms with Gasteiger partial charge in [0.25, 0.3) is 0 Å². The average Bonchev–Trinajstić information content (AvgIpc) is 2.39. The van der Waals surface area contributed by atoms with Crippen LogP contribution in [0.1, 0.15) is 22.8 Å². The van der Waals surface area contributed by atoms with Gasteiger partial charge in [-0.15, -0.1) is 0 Å². The molecule has 0 spiro atoms. The summed E-state index contributed by atoms with van der Waals surface area (Å²) in [5.41, 5.74) is 7.49. The molecule has 0 radical (unpaired) electrons. The van der Waals surface area contributed by atoms with Crippen molar-refractivity contribution in [2.24, 2.45) is 0 Å². The Bertz CT molecular complexity index is 547. The number of carbonyl (C=O) groups is 1. The smallest absolute Gasteiger partial charge is 0.193 e. The van der Waals surface area contributed by atoms with E-state index in [1.165, 1.54) is 0 Å². The lowest BCUT2D eigenvalue weighted by molar-refractivity contribution is 0.103. The Balaban J connectivity index is 2.28. The molecule has 0 fully saturated rings. The molecule has 0 unspecified atom stereocenters. The SMILES string of the molecule is CCOc1cccc(C(=O)c2ccc(N)cc2)c1. The summed E-state index contributed by atoms with van der Waals surface area (Å²) in [5, 5.41) is 0. The molecule has 3 heteroatoms. The molecule has 0 bridgehead atoms. The van der Waals surface area contributed by atoms with Gasteiger partial charge in [0.05, 0.1) is 6.61 Å². The van der Waals surface area contributed by atoms with Gasteiger partial charge >= 0.3 is 0 Å². The zero-order valence-electron chi connectivity index (χ0n) is 10.2. The molecule has 2 rings (SSSR count). The van der Waals surface area contributed by atoms with E-state index in [9.17, 15) is 4.79 Å². The fraction of sp³-hybridized carbons (Fsp3) is 0.133. The first kappa shape index (κ1) is 12.2. The van der Waals surface area contributed by atoms with Crippen LogP contribution in [0.4, 0.5) is 5.69 Å². The van der Waals surface area contributed by atoms with E-state index < -0.39 is 0 Å². The second-order valence-corrected chi connectivity index (χ2v) is 3.91. The van der Waals surface area contributed by atoms with Crippen LogP contribution in [0.25, 0.3) is 0 Å². The topological polar surface area (TPSA) is 52.3 Å². The lowest BCUT2D eigenvalue weighted by atomic mass is 10.0. The summed E-state index contributed by atoms with van der Waals surface area (Å²) in [6.07, 6.45) is 0.